The van der Waals surface area contributed by atoms with E-state index >= 15 is 0 Å². The molecule has 15 heavy (non-hydrogen) atoms. The summed E-state index contributed by atoms with van der Waals surface area (Å²) in [6, 6.07) is 1.88. The molecule has 0 amide bonds. The second-order valence-electron chi connectivity index (χ2n) is 3.07. The second-order valence-corrected chi connectivity index (χ2v) is 4.85. The average molecular weight is 230 g/mol. The Labute approximate surface area is 86.8 Å². The molecule has 82 valence electrons. The Kier molecular flexibility index (Phi) is 3.53. The molecule has 0 spiro atoms. The van der Waals surface area contributed by atoms with E-state index < -0.39 is 7.60 Å². The number of ether oxygens (including phenoxy) is 1. The van der Waals surface area contributed by atoms with Crippen molar-refractivity contribution in [1.29, 1.82) is 5.26 Å². The zero-order valence-electron chi connectivity index (χ0n) is 7.88. The Morgan fingerprint density at radius 1 is 1.67 bits per heavy atom. The molecule has 7 heteroatoms. The third kappa shape index (κ3) is 3.76. The van der Waals surface area contributed by atoms with Gasteiger partial charge in [-0.15, -0.1) is 0 Å². The lowest BCUT2D eigenvalue weighted by Crippen LogP contribution is -2.11. The lowest BCUT2D eigenvalue weighted by atomic mass is 10.1. The second kappa shape index (κ2) is 4.49. The van der Waals surface area contributed by atoms with Crippen molar-refractivity contribution in [3.05, 3.63) is 23.3 Å². The van der Waals surface area contributed by atoms with Crippen molar-refractivity contribution in [3.8, 4) is 6.07 Å². The van der Waals surface area contributed by atoms with E-state index in [9.17, 15) is 4.57 Å². The first kappa shape index (κ1) is 11.8. The Morgan fingerprint density at radius 3 is 2.80 bits per heavy atom. The van der Waals surface area contributed by atoms with E-state index in [4.69, 9.17) is 25.5 Å². The lowest BCUT2D eigenvalue weighted by Gasteiger charge is -2.15. The molecule has 0 bridgehead atoms. The summed E-state index contributed by atoms with van der Waals surface area (Å²) < 4.78 is 15.6. The van der Waals surface area contributed by atoms with Crippen molar-refractivity contribution >= 4 is 7.60 Å². The van der Waals surface area contributed by atoms with Crippen LogP contribution >= 0.6 is 7.60 Å². The van der Waals surface area contributed by atoms with Crippen LogP contribution in [0.3, 0.4) is 0 Å². The minimum Gasteiger partial charge on any atom is -0.445 e. The van der Waals surface area contributed by atoms with Gasteiger partial charge < -0.3 is 20.3 Å². The van der Waals surface area contributed by atoms with Gasteiger partial charge in [0.05, 0.1) is 11.7 Å². The minimum absolute atomic E-state index is 0.0145. The van der Waals surface area contributed by atoms with Crippen molar-refractivity contribution in [2.45, 2.75) is 12.8 Å². The number of nitriles is 1. The van der Waals surface area contributed by atoms with E-state index in [1.165, 1.54) is 0 Å². The van der Waals surface area contributed by atoms with Gasteiger partial charge in [0.25, 0.3) is 0 Å². The van der Waals surface area contributed by atoms with Crippen LogP contribution in [0.5, 0.6) is 0 Å². The standard InChI is InChI=1S/C8H11N2O4P/c9-5-6-1-2-7(14-8(6)10)3-4-15(11,12)13/h2H,1,3-4,10H2,(H2,11,12,13). The van der Waals surface area contributed by atoms with E-state index in [-0.39, 0.29) is 18.5 Å². The largest absolute Gasteiger partial charge is 0.445 e. The molecular weight excluding hydrogens is 219 g/mol. The van der Waals surface area contributed by atoms with Crippen molar-refractivity contribution in [3.63, 3.8) is 0 Å². The van der Waals surface area contributed by atoms with E-state index in [1.54, 1.807) is 6.08 Å². The number of hydrogen-bond acceptors (Lipinski definition) is 4. The summed E-state index contributed by atoms with van der Waals surface area (Å²) in [6.07, 6.45) is 1.78. The topological polar surface area (TPSA) is 117 Å². The third-order valence-electron chi connectivity index (χ3n) is 1.86. The maximum Gasteiger partial charge on any atom is 0.326 e. The van der Waals surface area contributed by atoms with Gasteiger partial charge in [0.15, 0.2) is 0 Å². The molecule has 0 aromatic rings. The van der Waals surface area contributed by atoms with Crippen LogP contribution in [-0.2, 0) is 9.30 Å². The molecule has 1 aliphatic rings. The molecule has 0 aromatic heterocycles. The van der Waals surface area contributed by atoms with Crippen LogP contribution in [0.2, 0.25) is 0 Å². The number of nitrogens with two attached hydrogens (primary N) is 1. The highest BCUT2D eigenvalue weighted by Crippen LogP contribution is 2.36. The van der Waals surface area contributed by atoms with E-state index in [1.807, 2.05) is 6.07 Å². The van der Waals surface area contributed by atoms with Crippen LogP contribution in [0.4, 0.5) is 0 Å². The summed E-state index contributed by atoms with van der Waals surface area (Å²) in [4.78, 5) is 17.3. The predicted octanol–water partition coefficient (Wildman–Crippen LogP) is 0.552. The molecule has 0 atom stereocenters. The molecule has 1 rings (SSSR count). The molecule has 4 N–H and O–H groups in total. The fourth-order valence-electron chi connectivity index (χ4n) is 1.07. The molecule has 1 aliphatic heterocycles. The molecule has 0 aromatic carbocycles. The normalized spacial score (nSPS) is 16.7. The lowest BCUT2D eigenvalue weighted by molar-refractivity contribution is 0.275. The molecule has 1 heterocycles. The zero-order chi connectivity index (χ0) is 11.5. The first-order valence-corrected chi connectivity index (χ1v) is 6.02. The summed E-state index contributed by atoms with van der Waals surface area (Å²) in [5.74, 6) is 0.413. The van der Waals surface area contributed by atoms with Crippen LogP contribution in [0.15, 0.2) is 23.3 Å². The Morgan fingerprint density at radius 2 is 2.33 bits per heavy atom. The fourth-order valence-corrected chi connectivity index (χ4v) is 1.58. The first-order chi connectivity index (χ1) is 6.92. The highest BCUT2D eigenvalue weighted by atomic mass is 31.2. The van der Waals surface area contributed by atoms with Crippen molar-refractivity contribution < 1.29 is 19.1 Å². The maximum atomic E-state index is 10.6. The molecule has 6 nitrogen and oxygen atoms in total. The van der Waals surface area contributed by atoms with Gasteiger partial charge in [-0.1, -0.05) is 0 Å². The summed E-state index contributed by atoms with van der Waals surface area (Å²) in [5, 5.41) is 8.59. The van der Waals surface area contributed by atoms with E-state index in [0.29, 0.717) is 17.8 Å². The van der Waals surface area contributed by atoms with Crippen LogP contribution in [0.25, 0.3) is 0 Å². The van der Waals surface area contributed by atoms with Crippen LogP contribution in [0.1, 0.15) is 12.8 Å². The highest BCUT2D eigenvalue weighted by Gasteiger charge is 2.18. The molecule has 0 saturated heterocycles. The monoisotopic (exact) mass is 230 g/mol. The van der Waals surface area contributed by atoms with Crippen molar-refractivity contribution in [2.75, 3.05) is 6.16 Å². The molecular formula is C8H11N2O4P. The number of nitrogens with zero attached hydrogens (tertiary/aromatic N) is 1. The SMILES string of the molecule is N#CC1=C(N)OC(CCP(=O)(O)O)=CC1. The van der Waals surface area contributed by atoms with Crippen LogP contribution < -0.4 is 5.73 Å². The molecule has 0 unspecified atom stereocenters. The fraction of sp³-hybridized carbons (Fsp3) is 0.375. The molecule has 0 aliphatic carbocycles. The summed E-state index contributed by atoms with van der Waals surface area (Å²) >= 11 is 0. The Bertz CT molecular complexity index is 401. The maximum absolute atomic E-state index is 10.6. The predicted molar refractivity (Wildman–Crippen MR) is 52.1 cm³/mol. The average Bonchev–Trinajstić information content (AvgIpc) is 2.14. The van der Waals surface area contributed by atoms with Gasteiger partial charge in [0.2, 0.25) is 5.88 Å². The third-order valence-corrected chi connectivity index (χ3v) is 2.66. The minimum atomic E-state index is -4.02. The molecule has 0 fully saturated rings. The van der Waals surface area contributed by atoms with Gasteiger partial charge in [-0.25, -0.2) is 0 Å². The number of allylic oxidation sites excluding steroid dienone is 3. The summed E-state index contributed by atoms with van der Waals surface area (Å²) in [7, 11) is -4.02. The summed E-state index contributed by atoms with van der Waals surface area (Å²) in [5.41, 5.74) is 5.75. The Balaban J connectivity index is 2.54. The highest BCUT2D eigenvalue weighted by molar-refractivity contribution is 7.51. The number of hydrogen-bond donors (Lipinski definition) is 3. The smallest absolute Gasteiger partial charge is 0.326 e. The van der Waals surface area contributed by atoms with Crippen molar-refractivity contribution in [1.82, 2.24) is 0 Å². The van der Waals surface area contributed by atoms with Crippen LogP contribution in [0, 0.1) is 11.3 Å². The van der Waals surface area contributed by atoms with Gasteiger partial charge in [0, 0.05) is 12.8 Å². The quantitative estimate of drug-likeness (QED) is 0.609. The van der Waals surface area contributed by atoms with E-state index in [2.05, 4.69) is 0 Å². The van der Waals surface area contributed by atoms with Gasteiger partial charge >= 0.3 is 7.60 Å². The van der Waals surface area contributed by atoms with Gasteiger partial charge in [-0.3, -0.25) is 4.57 Å². The summed E-state index contributed by atoms with van der Waals surface area (Å²) in [6.45, 7) is 0. The first-order valence-electron chi connectivity index (χ1n) is 4.22. The van der Waals surface area contributed by atoms with E-state index in [0.717, 1.165) is 0 Å². The zero-order valence-corrected chi connectivity index (χ0v) is 8.78. The van der Waals surface area contributed by atoms with Gasteiger partial charge in [-0.2, -0.15) is 5.26 Å². The number of rotatable bonds is 3. The van der Waals surface area contributed by atoms with Crippen LogP contribution in [-0.4, -0.2) is 15.9 Å². The van der Waals surface area contributed by atoms with Crippen molar-refractivity contribution in [2.24, 2.45) is 5.73 Å². The Hall–Kier alpha value is -1.28. The van der Waals surface area contributed by atoms with Gasteiger partial charge in [-0.05, 0) is 6.08 Å². The van der Waals surface area contributed by atoms with Gasteiger partial charge in [0.1, 0.15) is 11.8 Å². The molecule has 0 radical (unpaired) electrons. The molecule has 0 saturated carbocycles.